The van der Waals surface area contributed by atoms with Gasteiger partial charge in [-0.3, -0.25) is 4.79 Å². The van der Waals surface area contributed by atoms with Crippen molar-refractivity contribution in [2.24, 2.45) is 0 Å². The van der Waals surface area contributed by atoms with E-state index in [1.807, 2.05) is 16.7 Å². The van der Waals surface area contributed by atoms with Crippen molar-refractivity contribution in [3.8, 4) is 0 Å². The second-order valence-corrected chi connectivity index (χ2v) is 5.37. The Bertz CT molecular complexity index is 580. The Kier molecular flexibility index (Phi) is 5.41. The van der Waals surface area contributed by atoms with Crippen LogP contribution in [0.1, 0.15) is 38.3 Å². The molecule has 0 fully saturated rings. The fraction of sp³-hybridized carbons (Fsp3) is 0.467. The molecule has 0 aromatic carbocycles. The smallest absolute Gasteiger partial charge is 0.226 e. The van der Waals surface area contributed by atoms with Gasteiger partial charge < -0.3 is 9.72 Å². The molecule has 1 N–H and O–H groups in total. The summed E-state index contributed by atoms with van der Waals surface area (Å²) < 4.78 is 1.84. The lowest BCUT2D eigenvalue weighted by Gasteiger charge is -2.03. The van der Waals surface area contributed by atoms with Gasteiger partial charge >= 0.3 is 0 Å². The standard InChI is InChI=1S/C15H20ClN3O/c1-2-3-4-5-8-17-15(20)9-13-11-19-10-12(16)6-7-14(19)18-13/h6-7,10-11H,2-5,8-9H2,1H3,(H,17,20). The first-order chi connectivity index (χ1) is 9.69. The number of imidazole rings is 1. The molecular formula is C15H20ClN3O. The number of hydrogen-bond acceptors (Lipinski definition) is 2. The van der Waals surface area contributed by atoms with Gasteiger partial charge in [0.25, 0.3) is 0 Å². The van der Waals surface area contributed by atoms with Crippen LogP contribution in [0.25, 0.3) is 5.65 Å². The number of carbonyl (C=O) groups excluding carboxylic acids is 1. The van der Waals surface area contributed by atoms with E-state index in [1.54, 1.807) is 12.3 Å². The van der Waals surface area contributed by atoms with Crippen LogP contribution >= 0.6 is 11.6 Å². The van der Waals surface area contributed by atoms with E-state index >= 15 is 0 Å². The van der Waals surface area contributed by atoms with Crippen LogP contribution < -0.4 is 5.32 Å². The molecule has 108 valence electrons. The van der Waals surface area contributed by atoms with Crippen LogP contribution in [-0.4, -0.2) is 21.8 Å². The zero-order valence-electron chi connectivity index (χ0n) is 11.7. The predicted octanol–water partition coefficient (Wildman–Crippen LogP) is 3.23. The molecule has 2 heterocycles. The maximum atomic E-state index is 11.8. The monoisotopic (exact) mass is 293 g/mol. The van der Waals surface area contributed by atoms with Crippen LogP contribution in [0.15, 0.2) is 24.5 Å². The zero-order valence-corrected chi connectivity index (χ0v) is 12.5. The number of carbonyl (C=O) groups is 1. The highest BCUT2D eigenvalue weighted by molar-refractivity contribution is 6.30. The van der Waals surface area contributed by atoms with E-state index in [0.717, 1.165) is 24.3 Å². The third kappa shape index (κ3) is 4.23. The molecular weight excluding hydrogens is 274 g/mol. The number of nitrogens with one attached hydrogen (secondary N) is 1. The van der Waals surface area contributed by atoms with Crippen molar-refractivity contribution in [3.63, 3.8) is 0 Å². The van der Waals surface area contributed by atoms with E-state index in [0.29, 0.717) is 11.4 Å². The zero-order chi connectivity index (χ0) is 14.4. The normalized spacial score (nSPS) is 10.9. The molecule has 2 rings (SSSR count). The molecule has 0 unspecified atom stereocenters. The average Bonchev–Trinajstić information content (AvgIpc) is 2.79. The highest BCUT2D eigenvalue weighted by Gasteiger charge is 2.07. The van der Waals surface area contributed by atoms with Crippen LogP contribution in [0, 0.1) is 0 Å². The summed E-state index contributed by atoms with van der Waals surface area (Å²) in [5.41, 5.74) is 1.57. The minimum absolute atomic E-state index is 0.0241. The molecule has 2 aromatic rings. The van der Waals surface area contributed by atoms with Gasteiger partial charge in [0.15, 0.2) is 0 Å². The van der Waals surface area contributed by atoms with Crippen molar-refractivity contribution >= 4 is 23.2 Å². The Labute approximate surface area is 124 Å². The summed E-state index contributed by atoms with van der Waals surface area (Å²) in [6.45, 7) is 2.92. The van der Waals surface area contributed by atoms with Crippen molar-refractivity contribution < 1.29 is 4.79 Å². The fourth-order valence-corrected chi connectivity index (χ4v) is 2.28. The van der Waals surface area contributed by atoms with Crippen LogP contribution in [0.5, 0.6) is 0 Å². The number of pyridine rings is 1. The van der Waals surface area contributed by atoms with Gasteiger partial charge in [0.1, 0.15) is 5.65 Å². The molecule has 0 spiro atoms. The van der Waals surface area contributed by atoms with E-state index in [4.69, 9.17) is 11.6 Å². The molecule has 4 nitrogen and oxygen atoms in total. The van der Waals surface area contributed by atoms with Gasteiger partial charge in [0.05, 0.1) is 17.1 Å². The van der Waals surface area contributed by atoms with E-state index in [2.05, 4.69) is 17.2 Å². The summed E-state index contributed by atoms with van der Waals surface area (Å²) in [6.07, 6.45) is 8.59. The van der Waals surface area contributed by atoms with Gasteiger partial charge in [-0.15, -0.1) is 0 Å². The number of amides is 1. The third-order valence-corrected chi connectivity index (χ3v) is 3.38. The van der Waals surface area contributed by atoms with E-state index in [9.17, 15) is 4.79 Å². The molecule has 0 atom stereocenters. The lowest BCUT2D eigenvalue weighted by molar-refractivity contribution is -0.120. The Balaban J connectivity index is 1.83. The molecule has 5 heteroatoms. The van der Waals surface area contributed by atoms with Crippen molar-refractivity contribution in [3.05, 3.63) is 35.2 Å². The lowest BCUT2D eigenvalue weighted by Crippen LogP contribution is -2.26. The Morgan fingerprint density at radius 2 is 2.15 bits per heavy atom. The summed E-state index contributed by atoms with van der Waals surface area (Å²) in [5.74, 6) is 0.0241. The van der Waals surface area contributed by atoms with E-state index in [1.165, 1.54) is 19.3 Å². The molecule has 0 aliphatic rings. The first-order valence-electron chi connectivity index (χ1n) is 7.09. The van der Waals surface area contributed by atoms with Crippen LogP contribution in [0.4, 0.5) is 0 Å². The number of hydrogen-bond donors (Lipinski definition) is 1. The molecule has 1 amide bonds. The molecule has 0 bridgehead atoms. The number of nitrogens with zero attached hydrogens (tertiary/aromatic N) is 2. The number of rotatable bonds is 7. The van der Waals surface area contributed by atoms with Gasteiger partial charge in [-0.1, -0.05) is 37.8 Å². The van der Waals surface area contributed by atoms with Crippen molar-refractivity contribution in [2.45, 2.75) is 39.0 Å². The molecule has 0 radical (unpaired) electrons. The summed E-state index contributed by atoms with van der Waals surface area (Å²) in [6, 6.07) is 3.63. The van der Waals surface area contributed by atoms with Gasteiger partial charge in [-0.25, -0.2) is 4.98 Å². The Morgan fingerprint density at radius 3 is 2.95 bits per heavy atom. The molecule has 0 aliphatic heterocycles. The topological polar surface area (TPSA) is 46.4 Å². The van der Waals surface area contributed by atoms with E-state index in [-0.39, 0.29) is 5.91 Å². The van der Waals surface area contributed by atoms with Crippen LogP contribution in [-0.2, 0) is 11.2 Å². The van der Waals surface area contributed by atoms with Crippen LogP contribution in [0.2, 0.25) is 5.02 Å². The van der Waals surface area contributed by atoms with Gasteiger partial charge in [0, 0.05) is 18.9 Å². The van der Waals surface area contributed by atoms with Crippen molar-refractivity contribution in [1.82, 2.24) is 14.7 Å². The Hall–Kier alpha value is -1.55. The highest BCUT2D eigenvalue weighted by Crippen LogP contribution is 2.12. The minimum atomic E-state index is 0.0241. The van der Waals surface area contributed by atoms with Gasteiger partial charge in [0.2, 0.25) is 5.91 Å². The summed E-state index contributed by atoms with van der Waals surface area (Å²) in [4.78, 5) is 16.2. The third-order valence-electron chi connectivity index (χ3n) is 3.16. The largest absolute Gasteiger partial charge is 0.356 e. The van der Waals surface area contributed by atoms with Crippen LogP contribution in [0.3, 0.4) is 0 Å². The average molecular weight is 294 g/mol. The number of fused-ring (bicyclic) bond motifs is 1. The maximum Gasteiger partial charge on any atom is 0.226 e. The lowest BCUT2D eigenvalue weighted by atomic mass is 10.2. The first-order valence-corrected chi connectivity index (χ1v) is 7.46. The van der Waals surface area contributed by atoms with E-state index < -0.39 is 0 Å². The summed E-state index contributed by atoms with van der Waals surface area (Å²) in [7, 11) is 0. The van der Waals surface area contributed by atoms with Crippen molar-refractivity contribution in [1.29, 1.82) is 0 Å². The number of unbranched alkanes of at least 4 members (excludes halogenated alkanes) is 3. The van der Waals surface area contributed by atoms with Gasteiger partial charge in [-0.2, -0.15) is 0 Å². The van der Waals surface area contributed by atoms with Gasteiger partial charge in [-0.05, 0) is 18.6 Å². The molecule has 0 saturated heterocycles. The minimum Gasteiger partial charge on any atom is -0.356 e. The fourth-order valence-electron chi connectivity index (χ4n) is 2.11. The van der Waals surface area contributed by atoms with Crippen molar-refractivity contribution in [2.75, 3.05) is 6.54 Å². The molecule has 2 aromatic heterocycles. The first kappa shape index (κ1) is 14.9. The quantitative estimate of drug-likeness (QED) is 0.797. The number of aromatic nitrogens is 2. The highest BCUT2D eigenvalue weighted by atomic mass is 35.5. The molecule has 0 aliphatic carbocycles. The molecule has 20 heavy (non-hydrogen) atoms. The summed E-state index contributed by atoms with van der Waals surface area (Å²) >= 11 is 5.92. The SMILES string of the molecule is CCCCCCNC(=O)Cc1cn2cc(Cl)ccc2n1. The second-order valence-electron chi connectivity index (χ2n) is 4.93. The Morgan fingerprint density at radius 1 is 1.30 bits per heavy atom. The maximum absolute atomic E-state index is 11.8. The predicted molar refractivity (Wildman–Crippen MR) is 81.1 cm³/mol. The second kappa shape index (κ2) is 7.29. The number of halogens is 1. The summed E-state index contributed by atoms with van der Waals surface area (Å²) in [5, 5.41) is 3.59. The molecule has 0 saturated carbocycles.